The number of fused-ring (bicyclic) bond motifs is 1. The Morgan fingerprint density at radius 1 is 1.11 bits per heavy atom. The van der Waals surface area contributed by atoms with E-state index in [4.69, 9.17) is 20.5 Å². The maximum absolute atomic E-state index is 7.60. The summed E-state index contributed by atoms with van der Waals surface area (Å²) in [5.74, 6) is 1.32. The van der Waals surface area contributed by atoms with E-state index in [0.717, 1.165) is 35.4 Å². The van der Waals surface area contributed by atoms with E-state index in [-0.39, 0.29) is 22.7 Å². The van der Waals surface area contributed by atoms with Crippen LogP contribution in [0, 0.1) is 5.41 Å². The molecule has 1 atom stereocenters. The first-order valence-electron chi connectivity index (χ1n) is 13.4. The molecule has 2 aliphatic rings. The molecule has 0 radical (unpaired) electrons. The van der Waals surface area contributed by atoms with Gasteiger partial charge in [-0.2, -0.15) is 4.98 Å². The van der Waals surface area contributed by atoms with E-state index in [1.165, 1.54) is 24.0 Å². The molecule has 3 aromatic rings. The Labute approximate surface area is 224 Å². The second-order valence-corrected chi connectivity index (χ2v) is 11.9. The number of hydrogen-bond acceptors (Lipinski definition) is 6. The summed E-state index contributed by atoms with van der Waals surface area (Å²) in [6, 6.07) is 14.7. The molecule has 0 amide bonds. The number of benzene rings is 2. The van der Waals surface area contributed by atoms with Crippen LogP contribution in [-0.2, 0) is 22.3 Å². The molecule has 1 fully saturated rings. The van der Waals surface area contributed by atoms with E-state index < -0.39 is 0 Å². The number of guanidine groups is 1. The fraction of sp³-hybridized carbons (Fsp3) is 0.467. The highest BCUT2D eigenvalue weighted by atomic mass is 16.6. The standard InChI is InChI=1S/C30H38N6O2/c1-19(34-37-18-20-6-11-24-25(16-20)30(4,5)14-13-29(24,2)3)21-7-9-22(10-8-21)26-33-27(38-35-26)23-12-15-36(17-23)28(31)32/h6-11,16,23H,12-15,17-18H2,1-5H3,(H3,31,32)/t23-/m1/s1. The maximum Gasteiger partial charge on any atom is 0.231 e. The molecular formula is C30H38N6O2. The lowest BCUT2D eigenvalue weighted by Gasteiger charge is -2.42. The van der Waals surface area contributed by atoms with Crippen molar-refractivity contribution in [3.8, 4) is 11.4 Å². The van der Waals surface area contributed by atoms with Gasteiger partial charge in [-0.15, -0.1) is 0 Å². The minimum atomic E-state index is 0.0829. The Morgan fingerprint density at radius 3 is 2.50 bits per heavy atom. The summed E-state index contributed by atoms with van der Waals surface area (Å²) in [4.78, 5) is 12.2. The van der Waals surface area contributed by atoms with Crippen LogP contribution in [0.1, 0.15) is 87.9 Å². The van der Waals surface area contributed by atoms with Gasteiger partial charge >= 0.3 is 0 Å². The Balaban J connectivity index is 1.22. The topological polar surface area (TPSA) is 114 Å². The minimum absolute atomic E-state index is 0.0829. The van der Waals surface area contributed by atoms with Crippen LogP contribution in [0.2, 0.25) is 0 Å². The zero-order valence-electron chi connectivity index (χ0n) is 23.0. The highest BCUT2D eigenvalue weighted by Crippen LogP contribution is 2.46. The van der Waals surface area contributed by atoms with Crippen molar-refractivity contribution in [2.24, 2.45) is 10.9 Å². The van der Waals surface area contributed by atoms with Gasteiger partial charge in [0.2, 0.25) is 11.7 Å². The third-order valence-corrected chi connectivity index (χ3v) is 8.23. The van der Waals surface area contributed by atoms with Crippen molar-refractivity contribution in [1.29, 1.82) is 5.41 Å². The van der Waals surface area contributed by atoms with Crippen LogP contribution in [0.15, 0.2) is 52.1 Å². The third kappa shape index (κ3) is 5.17. The first kappa shape index (κ1) is 25.9. The minimum Gasteiger partial charge on any atom is -0.391 e. The van der Waals surface area contributed by atoms with Crippen molar-refractivity contribution in [3.63, 3.8) is 0 Å². The molecule has 1 aliphatic heterocycles. The molecule has 0 spiro atoms. The molecular weight excluding hydrogens is 476 g/mol. The van der Waals surface area contributed by atoms with Gasteiger partial charge in [0.25, 0.3) is 0 Å². The molecule has 0 saturated carbocycles. The second kappa shape index (κ2) is 9.89. The highest BCUT2D eigenvalue weighted by molar-refractivity contribution is 5.98. The van der Waals surface area contributed by atoms with Crippen molar-refractivity contribution in [1.82, 2.24) is 15.0 Å². The van der Waals surface area contributed by atoms with Crippen LogP contribution in [0.4, 0.5) is 0 Å². The normalized spacial score (nSPS) is 20.3. The zero-order valence-corrected chi connectivity index (χ0v) is 23.0. The number of oxime groups is 1. The first-order chi connectivity index (χ1) is 18.0. The Morgan fingerprint density at radius 2 is 1.82 bits per heavy atom. The molecule has 3 N–H and O–H groups in total. The summed E-state index contributed by atoms with van der Waals surface area (Å²) in [6.07, 6.45) is 3.24. The monoisotopic (exact) mass is 514 g/mol. The smallest absolute Gasteiger partial charge is 0.231 e. The van der Waals surface area contributed by atoms with Gasteiger partial charge in [0, 0.05) is 18.7 Å². The zero-order chi connectivity index (χ0) is 27.1. The van der Waals surface area contributed by atoms with Crippen molar-refractivity contribution in [2.75, 3.05) is 13.1 Å². The van der Waals surface area contributed by atoms with E-state index >= 15 is 0 Å². The molecule has 8 heteroatoms. The van der Waals surface area contributed by atoms with Gasteiger partial charge in [-0.25, -0.2) is 0 Å². The second-order valence-electron chi connectivity index (χ2n) is 11.9. The number of hydrogen-bond donors (Lipinski definition) is 2. The van der Waals surface area contributed by atoms with Crippen molar-refractivity contribution in [2.45, 2.75) is 77.2 Å². The van der Waals surface area contributed by atoms with Crippen molar-refractivity contribution < 1.29 is 9.36 Å². The van der Waals surface area contributed by atoms with Gasteiger partial charge in [-0.3, -0.25) is 5.41 Å². The first-order valence-corrected chi connectivity index (χ1v) is 13.4. The van der Waals surface area contributed by atoms with Crippen molar-refractivity contribution in [3.05, 3.63) is 70.6 Å². The lowest BCUT2D eigenvalue weighted by molar-refractivity contribution is 0.130. The van der Waals surface area contributed by atoms with Crippen LogP contribution in [-0.4, -0.2) is 39.8 Å². The summed E-state index contributed by atoms with van der Waals surface area (Å²) in [5.41, 5.74) is 12.7. The van der Waals surface area contributed by atoms with Crippen LogP contribution < -0.4 is 5.73 Å². The molecule has 0 unspecified atom stereocenters. The summed E-state index contributed by atoms with van der Waals surface area (Å²) < 4.78 is 5.52. The Hall–Kier alpha value is -3.68. The molecule has 1 saturated heterocycles. The lowest BCUT2D eigenvalue weighted by atomic mass is 9.63. The molecule has 5 rings (SSSR count). The van der Waals surface area contributed by atoms with Gasteiger partial charge in [0.15, 0.2) is 5.96 Å². The molecule has 2 aromatic carbocycles. The SMILES string of the molecule is CC(=NOCc1ccc2c(c1)C(C)(C)CCC2(C)C)c1ccc(-c2noc([C@@H]3CCN(C(=N)N)C3)n2)cc1. The van der Waals surface area contributed by atoms with Crippen LogP contribution in [0.5, 0.6) is 0 Å². The number of nitrogens with two attached hydrogens (primary N) is 1. The highest BCUT2D eigenvalue weighted by Gasteiger charge is 2.37. The number of nitrogens with zero attached hydrogens (tertiary/aromatic N) is 4. The van der Waals surface area contributed by atoms with Gasteiger partial charge in [0.1, 0.15) is 6.61 Å². The van der Waals surface area contributed by atoms with E-state index in [0.29, 0.717) is 24.9 Å². The average molecular weight is 515 g/mol. The largest absolute Gasteiger partial charge is 0.391 e. The van der Waals surface area contributed by atoms with Crippen LogP contribution in [0.25, 0.3) is 11.4 Å². The van der Waals surface area contributed by atoms with Gasteiger partial charge in [-0.05, 0) is 59.3 Å². The molecule has 200 valence electrons. The van der Waals surface area contributed by atoms with E-state index in [1.54, 1.807) is 0 Å². The molecule has 0 bridgehead atoms. The third-order valence-electron chi connectivity index (χ3n) is 8.23. The van der Waals surface area contributed by atoms with Crippen molar-refractivity contribution >= 4 is 11.7 Å². The summed E-state index contributed by atoms with van der Waals surface area (Å²) in [7, 11) is 0. The summed E-state index contributed by atoms with van der Waals surface area (Å²) in [6.45, 7) is 13.1. The molecule has 1 aliphatic carbocycles. The Kier molecular flexibility index (Phi) is 6.75. The van der Waals surface area contributed by atoms with Gasteiger partial charge in [-0.1, -0.05) is 80.5 Å². The summed E-state index contributed by atoms with van der Waals surface area (Å²) in [5, 5.41) is 16.1. The molecule has 8 nitrogen and oxygen atoms in total. The van der Waals surface area contributed by atoms with E-state index in [9.17, 15) is 0 Å². The van der Waals surface area contributed by atoms with Crippen LogP contribution in [0.3, 0.4) is 0 Å². The predicted octanol–water partition coefficient (Wildman–Crippen LogP) is 5.71. The lowest BCUT2D eigenvalue weighted by Crippen LogP contribution is -2.34. The number of nitrogens with one attached hydrogen (secondary N) is 1. The van der Waals surface area contributed by atoms with E-state index in [1.807, 2.05) is 36.1 Å². The average Bonchev–Trinajstić information content (AvgIpc) is 3.57. The van der Waals surface area contributed by atoms with Crippen LogP contribution >= 0.6 is 0 Å². The van der Waals surface area contributed by atoms with E-state index in [2.05, 4.69) is 61.2 Å². The number of likely N-dealkylation sites (tertiary alicyclic amines) is 1. The predicted molar refractivity (Wildman–Crippen MR) is 149 cm³/mol. The fourth-order valence-electron chi connectivity index (χ4n) is 5.54. The maximum atomic E-state index is 7.60. The number of aromatic nitrogens is 2. The molecule has 1 aromatic heterocycles. The Bertz CT molecular complexity index is 1360. The summed E-state index contributed by atoms with van der Waals surface area (Å²) >= 11 is 0. The fourth-order valence-corrected chi connectivity index (χ4v) is 5.54. The number of rotatable bonds is 6. The molecule has 38 heavy (non-hydrogen) atoms. The quantitative estimate of drug-likeness (QED) is 0.247. The van der Waals surface area contributed by atoms with Gasteiger partial charge < -0.3 is 20.0 Å². The van der Waals surface area contributed by atoms with Gasteiger partial charge in [0.05, 0.1) is 11.6 Å². The molecule has 2 heterocycles.